The largest absolute Gasteiger partial charge is 0.321 e. The number of anilines is 1. The minimum atomic E-state index is -0.899. The number of halogens is 2. The Hall–Kier alpha value is -3.09. The second-order valence-electron chi connectivity index (χ2n) is 5.71. The Morgan fingerprint density at radius 2 is 1.68 bits per heavy atom. The van der Waals surface area contributed by atoms with Gasteiger partial charge in [-0.2, -0.15) is 0 Å². The van der Waals surface area contributed by atoms with E-state index in [1.54, 1.807) is 25.1 Å². The molecule has 1 aliphatic heterocycles. The fourth-order valence-corrected chi connectivity index (χ4v) is 2.64. The molecule has 1 aliphatic rings. The van der Waals surface area contributed by atoms with Gasteiger partial charge in [-0.1, -0.05) is 17.7 Å². The Labute approximate surface area is 142 Å². The van der Waals surface area contributed by atoms with Crippen molar-refractivity contribution >= 4 is 23.4 Å². The standard InChI is InChI=1S/C18H14F2N2O3/c1-10-5-6-11-12(9-10)18(25)22(17(11)24)8-7-15(23)21-16-13(19)3-2-4-14(16)20/h2-6,9H,7-8H2,1H3,(H,21,23). The number of carbonyl (C=O) groups is 3. The van der Waals surface area contributed by atoms with Gasteiger partial charge in [-0.3, -0.25) is 19.3 Å². The molecule has 1 heterocycles. The molecule has 7 heteroatoms. The van der Waals surface area contributed by atoms with Gasteiger partial charge in [-0.05, 0) is 31.2 Å². The highest BCUT2D eigenvalue weighted by Crippen LogP contribution is 2.24. The lowest BCUT2D eigenvalue weighted by atomic mass is 10.1. The molecule has 2 aromatic rings. The quantitative estimate of drug-likeness (QED) is 0.868. The van der Waals surface area contributed by atoms with E-state index < -0.39 is 35.0 Å². The van der Waals surface area contributed by atoms with E-state index in [1.807, 2.05) is 0 Å². The van der Waals surface area contributed by atoms with E-state index in [9.17, 15) is 23.2 Å². The number of amides is 3. The first-order valence-electron chi connectivity index (χ1n) is 7.59. The van der Waals surface area contributed by atoms with Crippen LogP contribution in [0.1, 0.15) is 32.7 Å². The van der Waals surface area contributed by atoms with Gasteiger partial charge in [0.15, 0.2) is 0 Å². The lowest BCUT2D eigenvalue weighted by molar-refractivity contribution is -0.116. The van der Waals surface area contributed by atoms with Crippen molar-refractivity contribution in [2.45, 2.75) is 13.3 Å². The second-order valence-corrected chi connectivity index (χ2v) is 5.71. The highest BCUT2D eigenvalue weighted by molar-refractivity contribution is 6.21. The second kappa shape index (κ2) is 6.43. The van der Waals surface area contributed by atoms with Crippen LogP contribution in [0.4, 0.5) is 14.5 Å². The summed E-state index contributed by atoms with van der Waals surface area (Å²) in [6, 6.07) is 8.13. The summed E-state index contributed by atoms with van der Waals surface area (Å²) in [5.74, 6) is -3.45. The van der Waals surface area contributed by atoms with Crippen molar-refractivity contribution in [1.29, 1.82) is 0 Å². The van der Waals surface area contributed by atoms with Crippen LogP contribution >= 0.6 is 0 Å². The average molecular weight is 344 g/mol. The van der Waals surface area contributed by atoms with Gasteiger partial charge in [-0.15, -0.1) is 0 Å². The molecular formula is C18H14F2N2O3. The first-order chi connectivity index (χ1) is 11.9. The maximum absolute atomic E-state index is 13.5. The van der Waals surface area contributed by atoms with Crippen molar-refractivity contribution in [3.63, 3.8) is 0 Å². The van der Waals surface area contributed by atoms with Crippen molar-refractivity contribution in [1.82, 2.24) is 4.90 Å². The van der Waals surface area contributed by atoms with Crippen LogP contribution in [0.5, 0.6) is 0 Å². The van der Waals surface area contributed by atoms with Crippen LogP contribution in [0.15, 0.2) is 36.4 Å². The van der Waals surface area contributed by atoms with Crippen molar-refractivity contribution in [3.05, 3.63) is 64.7 Å². The highest BCUT2D eigenvalue weighted by Gasteiger charge is 2.35. The maximum atomic E-state index is 13.5. The molecule has 1 N–H and O–H groups in total. The molecule has 0 aromatic heterocycles. The fourth-order valence-electron chi connectivity index (χ4n) is 2.64. The van der Waals surface area contributed by atoms with E-state index in [4.69, 9.17) is 0 Å². The number of carbonyl (C=O) groups excluding carboxylic acids is 3. The van der Waals surface area contributed by atoms with Crippen molar-refractivity contribution in [2.75, 3.05) is 11.9 Å². The predicted octanol–water partition coefficient (Wildman–Crippen LogP) is 2.90. The van der Waals surface area contributed by atoms with Crippen LogP contribution in [0.3, 0.4) is 0 Å². The zero-order valence-electron chi connectivity index (χ0n) is 13.3. The summed E-state index contributed by atoms with van der Waals surface area (Å²) in [5.41, 5.74) is 0.877. The minimum Gasteiger partial charge on any atom is -0.321 e. The first-order valence-corrected chi connectivity index (χ1v) is 7.59. The number of aryl methyl sites for hydroxylation is 1. The van der Waals surface area contributed by atoms with Gasteiger partial charge in [0.05, 0.1) is 11.1 Å². The SMILES string of the molecule is Cc1ccc2c(c1)C(=O)N(CCC(=O)Nc1c(F)cccc1F)C2=O. The van der Waals surface area contributed by atoms with Crippen molar-refractivity contribution in [3.8, 4) is 0 Å². The summed E-state index contributed by atoms with van der Waals surface area (Å²) in [4.78, 5) is 37.4. The predicted molar refractivity (Wildman–Crippen MR) is 86.2 cm³/mol. The number of nitrogens with zero attached hydrogens (tertiary/aromatic N) is 1. The number of fused-ring (bicyclic) bond motifs is 1. The Morgan fingerprint density at radius 3 is 2.36 bits per heavy atom. The molecule has 0 bridgehead atoms. The summed E-state index contributed by atoms with van der Waals surface area (Å²) in [7, 11) is 0. The third-order valence-corrected chi connectivity index (χ3v) is 3.92. The number of hydrogen-bond donors (Lipinski definition) is 1. The number of hydrogen-bond acceptors (Lipinski definition) is 3. The normalized spacial score (nSPS) is 13.2. The van der Waals surface area contributed by atoms with E-state index in [-0.39, 0.29) is 18.5 Å². The number of rotatable bonds is 4. The molecule has 0 saturated carbocycles. The van der Waals surface area contributed by atoms with Crippen molar-refractivity contribution < 1.29 is 23.2 Å². The first kappa shape index (κ1) is 16.8. The Bertz CT molecular complexity index is 876. The molecular weight excluding hydrogens is 330 g/mol. The summed E-state index contributed by atoms with van der Waals surface area (Å²) in [6.45, 7) is 1.63. The average Bonchev–Trinajstić information content (AvgIpc) is 2.80. The molecule has 2 aromatic carbocycles. The lowest BCUT2D eigenvalue weighted by Crippen LogP contribution is -2.33. The number of para-hydroxylation sites is 1. The molecule has 0 atom stereocenters. The van der Waals surface area contributed by atoms with E-state index in [0.717, 1.165) is 22.6 Å². The smallest absolute Gasteiger partial charge is 0.261 e. The van der Waals surface area contributed by atoms with E-state index in [1.165, 1.54) is 6.07 Å². The van der Waals surface area contributed by atoms with Gasteiger partial charge in [0.25, 0.3) is 11.8 Å². The van der Waals surface area contributed by atoms with Gasteiger partial charge in [0.2, 0.25) is 5.91 Å². The maximum Gasteiger partial charge on any atom is 0.261 e. The van der Waals surface area contributed by atoms with Gasteiger partial charge >= 0.3 is 0 Å². The molecule has 3 rings (SSSR count). The zero-order valence-corrected chi connectivity index (χ0v) is 13.3. The summed E-state index contributed by atoms with van der Waals surface area (Å²) >= 11 is 0. The third-order valence-electron chi connectivity index (χ3n) is 3.92. The van der Waals surface area contributed by atoms with Crippen molar-refractivity contribution in [2.24, 2.45) is 0 Å². The molecule has 0 spiro atoms. The van der Waals surface area contributed by atoms with Gasteiger partial charge < -0.3 is 5.32 Å². The number of imide groups is 1. The molecule has 0 saturated heterocycles. The van der Waals surface area contributed by atoms with Gasteiger partial charge in [0.1, 0.15) is 17.3 Å². The van der Waals surface area contributed by atoms with Crippen LogP contribution < -0.4 is 5.32 Å². The van der Waals surface area contributed by atoms with Crippen LogP contribution in [0.25, 0.3) is 0 Å². The molecule has 0 unspecified atom stereocenters. The molecule has 3 amide bonds. The van der Waals surface area contributed by atoms with E-state index in [0.29, 0.717) is 5.56 Å². The molecule has 0 radical (unpaired) electrons. The molecule has 5 nitrogen and oxygen atoms in total. The van der Waals surface area contributed by atoms with Crippen LogP contribution in [0, 0.1) is 18.6 Å². The number of nitrogens with one attached hydrogen (secondary N) is 1. The molecule has 25 heavy (non-hydrogen) atoms. The summed E-state index contributed by atoms with van der Waals surface area (Å²) in [6.07, 6.45) is -0.266. The van der Waals surface area contributed by atoms with Gasteiger partial charge in [-0.25, -0.2) is 8.78 Å². The molecule has 128 valence electrons. The van der Waals surface area contributed by atoms with Gasteiger partial charge in [0, 0.05) is 13.0 Å². The topological polar surface area (TPSA) is 66.5 Å². The Balaban J connectivity index is 1.67. The molecule has 0 aliphatic carbocycles. The Kier molecular flexibility index (Phi) is 4.31. The van der Waals surface area contributed by atoms with Crippen LogP contribution in [-0.4, -0.2) is 29.2 Å². The highest BCUT2D eigenvalue weighted by atomic mass is 19.1. The summed E-state index contributed by atoms with van der Waals surface area (Å²) < 4.78 is 27.0. The Morgan fingerprint density at radius 1 is 1.04 bits per heavy atom. The monoisotopic (exact) mass is 344 g/mol. The third kappa shape index (κ3) is 3.13. The summed E-state index contributed by atoms with van der Waals surface area (Å²) in [5, 5.41) is 2.12. The zero-order chi connectivity index (χ0) is 18.1. The lowest BCUT2D eigenvalue weighted by Gasteiger charge is -2.14. The van der Waals surface area contributed by atoms with Crippen LogP contribution in [0.2, 0.25) is 0 Å². The fraction of sp³-hybridized carbons (Fsp3) is 0.167. The van der Waals surface area contributed by atoms with E-state index >= 15 is 0 Å². The molecule has 0 fully saturated rings. The van der Waals surface area contributed by atoms with Crippen LogP contribution in [-0.2, 0) is 4.79 Å². The van der Waals surface area contributed by atoms with E-state index in [2.05, 4.69) is 5.32 Å². The minimum absolute atomic E-state index is 0.173. The number of benzene rings is 2.